The summed E-state index contributed by atoms with van der Waals surface area (Å²) in [5.41, 5.74) is 0. The quantitative estimate of drug-likeness (QED) is 0.492. The zero-order valence-corrected chi connectivity index (χ0v) is 3.68. The molecule has 0 spiro atoms. The van der Waals surface area contributed by atoms with E-state index < -0.39 is 0 Å². The molecule has 0 saturated heterocycles. The van der Waals surface area contributed by atoms with Crippen molar-refractivity contribution in [1.29, 1.82) is 5.26 Å². The third-order valence-corrected chi connectivity index (χ3v) is 0.494. The second-order valence-corrected chi connectivity index (χ2v) is 1.21. The molecule has 34 valence electrons. The van der Waals surface area contributed by atoms with Gasteiger partial charge in [-0.15, -0.1) is 0 Å². The van der Waals surface area contributed by atoms with E-state index in [1.807, 2.05) is 6.07 Å². The van der Waals surface area contributed by atoms with Gasteiger partial charge in [-0.25, -0.2) is 0 Å². The van der Waals surface area contributed by atoms with Gasteiger partial charge in [-0.1, -0.05) is 0 Å². The predicted octanol–water partition coefficient (Wildman–Crippen LogP) is 0.138. The Morgan fingerprint density at radius 1 is 2.00 bits per heavy atom. The Labute approximate surface area is 37.0 Å². The monoisotopic (exact) mass is 85.1 g/mol. The van der Waals surface area contributed by atoms with Crippen molar-refractivity contribution in [2.45, 2.75) is 6.92 Å². The Morgan fingerprint density at radius 3 is 2.50 bits per heavy atom. The molecule has 0 aromatic rings. The van der Waals surface area contributed by atoms with Gasteiger partial charge in [0.2, 0.25) is 0 Å². The lowest BCUT2D eigenvalue weighted by atomic mass is 10.2. The average molecular weight is 85.1 g/mol. The van der Waals surface area contributed by atoms with E-state index in [-0.39, 0.29) is 12.5 Å². The molecule has 0 saturated carbocycles. The van der Waals surface area contributed by atoms with E-state index in [4.69, 9.17) is 10.4 Å². The number of aliphatic hydroxyl groups is 1. The van der Waals surface area contributed by atoms with Crippen LogP contribution in [0.3, 0.4) is 0 Å². The van der Waals surface area contributed by atoms with Crippen LogP contribution in [-0.2, 0) is 0 Å². The molecule has 0 heterocycles. The lowest BCUT2D eigenvalue weighted by molar-refractivity contribution is 0.265. The van der Waals surface area contributed by atoms with E-state index in [0.29, 0.717) is 0 Å². The zero-order valence-electron chi connectivity index (χ0n) is 3.68. The summed E-state index contributed by atoms with van der Waals surface area (Å²) >= 11 is 0. The SMILES string of the molecule is C[C@H](C#N)CO. The maximum absolute atomic E-state index is 8.11. The molecule has 0 radical (unpaired) electrons. The van der Waals surface area contributed by atoms with Gasteiger partial charge in [0.25, 0.3) is 0 Å². The Kier molecular flexibility index (Phi) is 2.43. The average Bonchev–Trinajstić information content (AvgIpc) is 1.65. The molecular formula is C4H7NO. The maximum atomic E-state index is 8.11. The van der Waals surface area contributed by atoms with Gasteiger partial charge in [0.1, 0.15) is 0 Å². The molecular weight excluding hydrogens is 78.0 g/mol. The number of hydrogen-bond acceptors (Lipinski definition) is 2. The summed E-state index contributed by atoms with van der Waals surface area (Å²) < 4.78 is 0. The number of hydrogen-bond donors (Lipinski definition) is 1. The minimum atomic E-state index is -0.204. The van der Waals surface area contributed by atoms with Crippen molar-refractivity contribution in [2.75, 3.05) is 6.61 Å². The van der Waals surface area contributed by atoms with Gasteiger partial charge >= 0.3 is 0 Å². The second-order valence-electron chi connectivity index (χ2n) is 1.21. The summed E-state index contributed by atoms with van der Waals surface area (Å²) in [6, 6.07) is 1.86. The first-order valence-electron chi connectivity index (χ1n) is 1.81. The summed E-state index contributed by atoms with van der Waals surface area (Å²) in [5.74, 6) is -0.204. The van der Waals surface area contributed by atoms with E-state index in [2.05, 4.69) is 0 Å². The lowest BCUT2D eigenvalue weighted by Crippen LogP contribution is -1.93. The summed E-state index contributed by atoms with van der Waals surface area (Å²) in [5, 5.41) is 16.0. The molecule has 2 nitrogen and oxygen atoms in total. The van der Waals surface area contributed by atoms with Gasteiger partial charge in [0.05, 0.1) is 18.6 Å². The van der Waals surface area contributed by atoms with Gasteiger partial charge in [0, 0.05) is 0 Å². The molecule has 0 aliphatic heterocycles. The molecule has 1 atom stereocenters. The van der Waals surface area contributed by atoms with E-state index in [1.165, 1.54) is 0 Å². The van der Waals surface area contributed by atoms with Gasteiger partial charge in [-0.05, 0) is 6.92 Å². The van der Waals surface area contributed by atoms with Gasteiger partial charge in [0.15, 0.2) is 0 Å². The molecule has 0 fully saturated rings. The first-order valence-corrected chi connectivity index (χ1v) is 1.81. The minimum absolute atomic E-state index is 0.0312. The molecule has 0 aromatic heterocycles. The fourth-order valence-electron chi connectivity index (χ4n) is 0.0408. The topological polar surface area (TPSA) is 44.0 Å². The highest BCUT2D eigenvalue weighted by Gasteiger charge is 1.90. The van der Waals surface area contributed by atoms with Crippen LogP contribution in [0.2, 0.25) is 0 Å². The Bertz CT molecular complexity index is 64.4. The molecule has 0 unspecified atom stereocenters. The summed E-state index contributed by atoms with van der Waals surface area (Å²) in [6.45, 7) is 1.64. The van der Waals surface area contributed by atoms with E-state index >= 15 is 0 Å². The number of nitriles is 1. The van der Waals surface area contributed by atoms with Crippen LogP contribution in [0.25, 0.3) is 0 Å². The van der Waals surface area contributed by atoms with Crippen LogP contribution < -0.4 is 0 Å². The Balaban J connectivity index is 3.04. The molecule has 0 aliphatic rings. The van der Waals surface area contributed by atoms with Crippen LogP contribution >= 0.6 is 0 Å². The standard InChI is InChI=1S/C4H7NO/c1-4(2-5)3-6/h4,6H,3H2,1H3/t4-/m1/s1. The zero-order chi connectivity index (χ0) is 4.99. The summed E-state index contributed by atoms with van der Waals surface area (Å²) in [4.78, 5) is 0. The van der Waals surface area contributed by atoms with Gasteiger partial charge in [-0.2, -0.15) is 5.26 Å². The van der Waals surface area contributed by atoms with Crippen molar-refractivity contribution in [2.24, 2.45) is 5.92 Å². The molecule has 0 aliphatic carbocycles. The van der Waals surface area contributed by atoms with E-state index in [1.54, 1.807) is 6.92 Å². The van der Waals surface area contributed by atoms with E-state index in [9.17, 15) is 0 Å². The number of aliphatic hydroxyl groups excluding tert-OH is 1. The van der Waals surface area contributed by atoms with Gasteiger partial charge < -0.3 is 5.11 Å². The van der Waals surface area contributed by atoms with Crippen LogP contribution in [0, 0.1) is 17.2 Å². The maximum Gasteiger partial charge on any atom is 0.0677 e. The second kappa shape index (κ2) is 2.67. The minimum Gasteiger partial charge on any atom is -0.395 e. The molecule has 6 heavy (non-hydrogen) atoms. The fourth-order valence-corrected chi connectivity index (χ4v) is 0.0408. The first kappa shape index (κ1) is 5.45. The third-order valence-electron chi connectivity index (χ3n) is 0.494. The third kappa shape index (κ3) is 1.74. The van der Waals surface area contributed by atoms with Crippen molar-refractivity contribution in [1.82, 2.24) is 0 Å². The largest absolute Gasteiger partial charge is 0.395 e. The van der Waals surface area contributed by atoms with Crippen molar-refractivity contribution in [3.8, 4) is 6.07 Å². The van der Waals surface area contributed by atoms with E-state index in [0.717, 1.165) is 0 Å². The van der Waals surface area contributed by atoms with Crippen molar-refractivity contribution < 1.29 is 5.11 Å². The first-order chi connectivity index (χ1) is 2.81. The van der Waals surface area contributed by atoms with Crippen LogP contribution in [0.15, 0.2) is 0 Å². The fraction of sp³-hybridized carbons (Fsp3) is 0.750. The lowest BCUT2D eigenvalue weighted by Gasteiger charge is -1.86. The molecule has 0 amide bonds. The Morgan fingerprint density at radius 2 is 2.50 bits per heavy atom. The summed E-state index contributed by atoms with van der Waals surface area (Å²) in [6.07, 6.45) is 0. The Hall–Kier alpha value is -0.550. The molecule has 1 N–H and O–H groups in total. The molecule has 0 rings (SSSR count). The molecule has 0 bridgehead atoms. The predicted molar refractivity (Wildman–Crippen MR) is 21.9 cm³/mol. The van der Waals surface area contributed by atoms with Crippen LogP contribution in [-0.4, -0.2) is 11.7 Å². The smallest absolute Gasteiger partial charge is 0.0677 e. The highest BCUT2D eigenvalue weighted by Crippen LogP contribution is 1.84. The number of rotatable bonds is 1. The highest BCUT2D eigenvalue weighted by atomic mass is 16.3. The van der Waals surface area contributed by atoms with Crippen molar-refractivity contribution in [3.63, 3.8) is 0 Å². The molecule has 0 aromatic carbocycles. The van der Waals surface area contributed by atoms with Crippen molar-refractivity contribution >= 4 is 0 Å². The normalized spacial score (nSPS) is 12.8. The molecule has 2 heteroatoms. The highest BCUT2D eigenvalue weighted by molar-refractivity contribution is 4.76. The van der Waals surface area contributed by atoms with Crippen LogP contribution in [0.1, 0.15) is 6.92 Å². The summed E-state index contributed by atoms with van der Waals surface area (Å²) in [7, 11) is 0. The van der Waals surface area contributed by atoms with Gasteiger partial charge in [-0.3, -0.25) is 0 Å². The van der Waals surface area contributed by atoms with Crippen LogP contribution in [0.4, 0.5) is 0 Å². The van der Waals surface area contributed by atoms with Crippen LogP contribution in [0.5, 0.6) is 0 Å². The number of nitrogens with zero attached hydrogens (tertiary/aromatic N) is 1. The van der Waals surface area contributed by atoms with Crippen molar-refractivity contribution in [3.05, 3.63) is 0 Å².